The van der Waals surface area contributed by atoms with Crippen LogP contribution in [-0.2, 0) is 14.3 Å². The number of Topliss-reactive ketones (excluding diaryl/α,β-unsaturated/α-hetero) is 1. The lowest BCUT2D eigenvalue weighted by Crippen LogP contribution is -2.45. The first-order chi connectivity index (χ1) is 7.87. The summed E-state index contributed by atoms with van der Waals surface area (Å²) < 4.78 is 5.35. The van der Waals surface area contributed by atoms with Crippen LogP contribution in [0.2, 0.25) is 0 Å². The monoisotopic (exact) mass is 257 g/mol. The average molecular weight is 257 g/mol. The Kier molecular flexibility index (Phi) is 5.54. The first-order valence-electron chi connectivity index (χ1n) is 6.25. The third-order valence-corrected chi connectivity index (χ3v) is 2.55. The molecule has 0 aliphatic carbocycles. The van der Waals surface area contributed by atoms with Gasteiger partial charge in [0.25, 0.3) is 0 Å². The molecule has 0 aliphatic rings. The van der Waals surface area contributed by atoms with Crippen LogP contribution in [0.1, 0.15) is 41.5 Å². The SMILES string of the molecule is CC(=O)C(C(=O)OC(C)(C)C)C(C)(C)CN(C)C. The van der Waals surface area contributed by atoms with Gasteiger partial charge in [-0.1, -0.05) is 13.8 Å². The molecule has 0 saturated heterocycles. The van der Waals surface area contributed by atoms with Crippen molar-refractivity contribution in [3.8, 4) is 0 Å². The van der Waals surface area contributed by atoms with Crippen LogP contribution in [0.4, 0.5) is 0 Å². The van der Waals surface area contributed by atoms with E-state index in [-0.39, 0.29) is 5.78 Å². The van der Waals surface area contributed by atoms with Crippen LogP contribution in [0, 0.1) is 11.3 Å². The highest BCUT2D eigenvalue weighted by Crippen LogP contribution is 2.30. The van der Waals surface area contributed by atoms with Gasteiger partial charge in [0, 0.05) is 6.54 Å². The van der Waals surface area contributed by atoms with Crippen LogP contribution in [0.15, 0.2) is 0 Å². The van der Waals surface area contributed by atoms with Crippen molar-refractivity contribution in [3.05, 3.63) is 0 Å². The van der Waals surface area contributed by atoms with E-state index in [1.54, 1.807) is 20.8 Å². The second-order valence-electron chi connectivity index (χ2n) is 6.80. The normalized spacial score (nSPS) is 14.5. The maximum Gasteiger partial charge on any atom is 0.317 e. The van der Waals surface area contributed by atoms with Crippen molar-refractivity contribution in [2.75, 3.05) is 20.6 Å². The Morgan fingerprint density at radius 1 is 1.11 bits per heavy atom. The molecule has 0 bridgehead atoms. The van der Waals surface area contributed by atoms with E-state index in [0.29, 0.717) is 6.54 Å². The van der Waals surface area contributed by atoms with Gasteiger partial charge in [-0.25, -0.2) is 0 Å². The molecule has 0 aromatic heterocycles. The third kappa shape index (κ3) is 5.63. The van der Waals surface area contributed by atoms with E-state index in [2.05, 4.69) is 0 Å². The summed E-state index contributed by atoms with van der Waals surface area (Å²) in [6, 6.07) is 0. The summed E-state index contributed by atoms with van der Waals surface area (Å²) in [5, 5.41) is 0. The number of carbonyl (C=O) groups is 2. The first-order valence-corrected chi connectivity index (χ1v) is 6.25. The molecule has 0 aromatic rings. The molecule has 0 fully saturated rings. The van der Waals surface area contributed by atoms with E-state index in [1.165, 1.54) is 6.92 Å². The van der Waals surface area contributed by atoms with Crippen LogP contribution in [-0.4, -0.2) is 42.9 Å². The minimum Gasteiger partial charge on any atom is -0.459 e. The van der Waals surface area contributed by atoms with Gasteiger partial charge in [0.1, 0.15) is 17.3 Å². The number of hydrogen-bond donors (Lipinski definition) is 0. The van der Waals surface area contributed by atoms with Gasteiger partial charge in [0.05, 0.1) is 0 Å². The maximum absolute atomic E-state index is 12.2. The smallest absolute Gasteiger partial charge is 0.317 e. The fourth-order valence-corrected chi connectivity index (χ4v) is 2.30. The number of hydrogen-bond acceptors (Lipinski definition) is 4. The highest BCUT2D eigenvalue weighted by Gasteiger charge is 2.41. The van der Waals surface area contributed by atoms with E-state index in [9.17, 15) is 9.59 Å². The van der Waals surface area contributed by atoms with Gasteiger partial charge in [-0.15, -0.1) is 0 Å². The Labute approximate surface area is 111 Å². The Morgan fingerprint density at radius 2 is 1.56 bits per heavy atom. The van der Waals surface area contributed by atoms with Crippen LogP contribution in [0.25, 0.3) is 0 Å². The minimum atomic E-state index is -0.723. The second kappa shape index (κ2) is 5.83. The lowest BCUT2D eigenvalue weighted by Gasteiger charge is -2.35. The Hall–Kier alpha value is -0.900. The zero-order valence-corrected chi connectivity index (χ0v) is 13.0. The quantitative estimate of drug-likeness (QED) is 0.559. The topological polar surface area (TPSA) is 46.6 Å². The molecule has 4 heteroatoms. The average Bonchev–Trinajstić information content (AvgIpc) is 1.93. The van der Waals surface area contributed by atoms with Crippen molar-refractivity contribution in [2.24, 2.45) is 11.3 Å². The summed E-state index contributed by atoms with van der Waals surface area (Å²) in [6.45, 7) is 11.4. The van der Waals surface area contributed by atoms with Crippen molar-refractivity contribution in [2.45, 2.75) is 47.1 Å². The first kappa shape index (κ1) is 17.1. The van der Waals surface area contributed by atoms with E-state index in [1.807, 2.05) is 32.8 Å². The van der Waals surface area contributed by atoms with Crippen molar-refractivity contribution in [3.63, 3.8) is 0 Å². The molecule has 18 heavy (non-hydrogen) atoms. The summed E-state index contributed by atoms with van der Waals surface area (Å²) in [7, 11) is 3.85. The molecule has 0 aliphatic heterocycles. The van der Waals surface area contributed by atoms with Crippen molar-refractivity contribution in [1.82, 2.24) is 4.90 Å². The predicted molar refractivity (Wildman–Crippen MR) is 72.4 cm³/mol. The standard InChI is InChI=1S/C14H27NO3/c1-10(16)11(12(17)18-13(2,3)4)14(5,6)9-15(7)8/h11H,9H2,1-8H3. The zero-order chi connectivity index (χ0) is 14.7. The molecule has 0 radical (unpaired) electrons. The molecular formula is C14H27NO3. The van der Waals surface area contributed by atoms with E-state index >= 15 is 0 Å². The molecule has 0 saturated carbocycles. The lowest BCUT2D eigenvalue weighted by atomic mass is 9.76. The minimum absolute atomic E-state index is 0.142. The van der Waals surface area contributed by atoms with E-state index in [4.69, 9.17) is 4.74 Å². The van der Waals surface area contributed by atoms with Crippen LogP contribution < -0.4 is 0 Å². The molecule has 0 amide bonds. The molecule has 0 spiro atoms. The number of nitrogens with zero attached hydrogens (tertiary/aromatic N) is 1. The van der Waals surface area contributed by atoms with Crippen LogP contribution in [0.5, 0.6) is 0 Å². The van der Waals surface area contributed by atoms with Gasteiger partial charge in [-0.05, 0) is 47.2 Å². The number of carbonyl (C=O) groups excluding carboxylic acids is 2. The fourth-order valence-electron chi connectivity index (χ4n) is 2.30. The summed E-state index contributed by atoms with van der Waals surface area (Å²) in [5.74, 6) is -1.29. The summed E-state index contributed by atoms with van der Waals surface area (Å²) >= 11 is 0. The molecule has 0 aromatic carbocycles. The molecule has 4 nitrogen and oxygen atoms in total. The van der Waals surface area contributed by atoms with Gasteiger partial charge in [-0.2, -0.15) is 0 Å². The number of ether oxygens (including phenoxy) is 1. The highest BCUT2D eigenvalue weighted by molar-refractivity contribution is 5.98. The van der Waals surface area contributed by atoms with Crippen LogP contribution >= 0.6 is 0 Å². The van der Waals surface area contributed by atoms with E-state index in [0.717, 1.165) is 0 Å². The van der Waals surface area contributed by atoms with Gasteiger partial charge in [0.2, 0.25) is 0 Å². The predicted octanol–water partition coefficient (Wildman–Crippen LogP) is 2.12. The van der Waals surface area contributed by atoms with Crippen molar-refractivity contribution < 1.29 is 14.3 Å². The largest absolute Gasteiger partial charge is 0.459 e. The molecule has 1 atom stereocenters. The van der Waals surface area contributed by atoms with Gasteiger partial charge < -0.3 is 9.64 Å². The Bertz CT molecular complexity index is 313. The fraction of sp³-hybridized carbons (Fsp3) is 0.857. The summed E-state index contributed by atoms with van der Waals surface area (Å²) in [5.41, 5.74) is -1.02. The molecular weight excluding hydrogens is 230 g/mol. The molecule has 0 heterocycles. The Balaban J connectivity index is 5.08. The molecule has 0 rings (SSSR count). The maximum atomic E-state index is 12.2. The number of ketones is 1. The third-order valence-electron chi connectivity index (χ3n) is 2.55. The lowest BCUT2D eigenvalue weighted by molar-refractivity contribution is -0.166. The Morgan fingerprint density at radius 3 is 1.83 bits per heavy atom. The van der Waals surface area contributed by atoms with Crippen LogP contribution in [0.3, 0.4) is 0 Å². The second-order valence-corrected chi connectivity index (χ2v) is 6.80. The summed E-state index contributed by atoms with van der Waals surface area (Å²) in [6.07, 6.45) is 0. The molecule has 0 N–H and O–H groups in total. The summed E-state index contributed by atoms with van der Waals surface area (Å²) in [4.78, 5) is 25.9. The van der Waals surface area contributed by atoms with Crippen molar-refractivity contribution >= 4 is 11.8 Å². The number of rotatable bonds is 5. The van der Waals surface area contributed by atoms with E-state index < -0.39 is 22.9 Å². The number of esters is 1. The highest BCUT2D eigenvalue weighted by atomic mass is 16.6. The molecule has 106 valence electrons. The van der Waals surface area contributed by atoms with Gasteiger partial charge >= 0.3 is 5.97 Å². The zero-order valence-electron chi connectivity index (χ0n) is 13.0. The van der Waals surface area contributed by atoms with Crippen molar-refractivity contribution in [1.29, 1.82) is 0 Å². The van der Waals surface area contributed by atoms with Gasteiger partial charge in [0.15, 0.2) is 0 Å². The van der Waals surface area contributed by atoms with Gasteiger partial charge in [-0.3, -0.25) is 9.59 Å². The molecule has 1 unspecified atom stereocenters.